The average Bonchev–Trinajstić information content (AvgIpc) is 2.36. The first-order valence-corrected chi connectivity index (χ1v) is 5.44. The molecule has 0 heterocycles. The SMILES string of the molecule is Cc1ccc2c(c1)c(F)c(F)c1ccccc12. The van der Waals surface area contributed by atoms with Crippen LogP contribution in [0.25, 0.3) is 21.5 Å². The maximum absolute atomic E-state index is 13.9. The quantitative estimate of drug-likeness (QED) is 0.494. The number of hydrogen-bond acceptors (Lipinski definition) is 0. The second kappa shape index (κ2) is 3.52. The fourth-order valence-electron chi connectivity index (χ4n) is 2.22. The minimum Gasteiger partial charge on any atom is -0.203 e. The summed E-state index contributed by atoms with van der Waals surface area (Å²) in [5, 5.41) is 2.19. The van der Waals surface area contributed by atoms with Crippen molar-refractivity contribution in [1.82, 2.24) is 0 Å². The Balaban J connectivity index is 2.65. The Hall–Kier alpha value is -1.96. The summed E-state index contributed by atoms with van der Waals surface area (Å²) < 4.78 is 27.8. The number of rotatable bonds is 0. The number of hydrogen-bond donors (Lipinski definition) is 0. The van der Waals surface area contributed by atoms with Crippen LogP contribution in [0.15, 0.2) is 42.5 Å². The van der Waals surface area contributed by atoms with E-state index in [0.717, 1.165) is 16.3 Å². The van der Waals surface area contributed by atoms with Crippen molar-refractivity contribution in [3.05, 3.63) is 59.7 Å². The fraction of sp³-hybridized carbons (Fsp3) is 0.0667. The Labute approximate surface area is 97.5 Å². The maximum Gasteiger partial charge on any atom is 0.167 e. The molecule has 0 unspecified atom stereocenters. The van der Waals surface area contributed by atoms with Crippen molar-refractivity contribution in [2.24, 2.45) is 0 Å². The van der Waals surface area contributed by atoms with Crippen molar-refractivity contribution in [2.45, 2.75) is 6.92 Å². The van der Waals surface area contributed by atoms with E-state index in [4.69, 9.17) is 0 Å². The van der Waals surface area contributed by atoms with Crippen LogP contribution in [-0.4, -0.2) is 0 Å². The minimum atomic E-state index is -0.765. The van der Waals surface area contributed by atoms with Crippen LogP contribution in [0.5, 0.6) is 0 Å². The molecule has 0 aliphatic heterocycles. The first-order valence-electron chi connectivity index (χ1n) is 5.44. The van der Waals surface area contributed by atoms with Crippen molar-refractivity contribution < 1.29 is 8.78 Å². The second-order valence-corrected chi connectivity index (χ2v) is 4.22. The summed E-state index contributed by atoms with van der Waals surface area (Å²) in [4.78, 5) is 0. The largest absolute Gasteiger partial charge is 0.203 e. The molecule has 0 aliphatic rings. The van der Waals surface area contributed by atoms with E-state index in [9.17, 15) is 8.78 Å². The first kappa shape index (κ1) is 10.2. The lowest BCUT2D eigenvalue weighted by Crippen LogP contribution is -1.90. The Morgan fingerprint density at radius 1 is 0.706 bits per heavy atom. The number of aryl methyl sites for hydroxylation is 1. The Morgan fingerprint density at radius 2 is 1.29 bits per heavy atom. The summed E-state index contributed by atoms with van der Waals surface area (Å²) >= 11 is 0. The molecule has 0 amide bonds. The van der Waals surface area contributed by atoms with Crippen molar-refractivity contribution in [3.63, 3.8) is 0 Å². The summed E-state index contributed by atoms with van der Waals surface area (Å²) in [7, 11) is 0. The van der Waals surface area contributed by atoms with Crippen LogP contribution in [-0.2, 0) is 0 Å². The van der Waals surface area contributed by atoms with Gasteiger partial charge in [-0.15, -0.1) is 0 Å². The Bertz CT molecular complexity index is 730. The standard InChI is InChI=1S/C15H10F2/c1-9-6-7-11-10-4-2-3-5-12(10)14(16)15(17)13(11)8-9/h2-8H,1H3. The first-order chi connectivity index (χ1) is 8.18. The summed E-state index contributed by atoms with van der Waals surface area (Å²) in [5.74, 6) is -1.53. The summed E-state index contributed by atoms with van der Waals surface area (Å²) in [5.41, 5.74) is 0.922. The van der Waals surface area contributed by atoms with Crippen LogP contribution in [0.1, 0.15) is 5.56 Å². The second-order valence-electron chi connectivity index (χ2n) is 4.22. The molecule has 2 heteroatoms. The van der Waals surface area contributed by atoms with Gasteiger partial charge >= 0.3 is 0 Å². The Kier molecular flexibility index (Phi) is 2.11. The van der Waals surface area contributed by atoms with Crippen molar-refractivity contribution in [1.29, 1.82) is 0 Å². The Morgan fingerprint density at radius 3 is 2.06 bits per heavy atom. The van der Waals surface area contributed by atoms with Crippen molar-refractivity contribution in [3.8, 4) is 0 Å². The van der Waals surface area contributed by atoms with E-state index < -0.39 is 11.6 Å². The van der Waals surface area contributed by atoms with Gasteiger partial charge in [0.1, 0.15) is 0 Å². The van der Waals surface area contributed by atoms with E-state index in [1.54, 1.807) is 18.2 Å². The van der Waals surface area contributed by atoms with E-state index in [1.807, 2.05) is 31.2 Å². The van der Waals surface area contributed by atoms with Gasteiger partial charge in [-0.25, -0.2) is 8.78 Å². The van der Waals surface area contributed by atoms with Crippen molar-refractivity contribution in [2.75, 3.05) is 0 Å². The van der Waals surface area contributed by atoms with E-state index in [-0.39, 0.29) is 0 Å². The third-order valence-corrected chi connectivity index (χ3v) is 3.06. The summed E-state index contributed by atoms with van der Waals surface area (Å²) in [6.45, 7) is 1.87. The molecule has 0 atom stereocenters. The highest BCUT2D eigenvalue weighted by Gasteiger charge is 2.13. The molecule has 0 fully saturated rings. The molecule has 3 rings (SSSR count). The van der Waals surface area contributed by atoms with Gasteiger partial charge in [0, 0.05) is 10.8 Å². The van der Waals surface area contributed by atoms with Crippen LogP contribution < -0.4 is 0 Å². The topological polar surface area (TPSA) is 0 Å². The van der Waals surface area contributed by atoms with Gasteiger partial charge in [0.2, 0.25) is 0 Å². The number of benzene rings is 3. The molecule has 3 aromatic carbocycles. The van der Waals surface area contributed by atoms with E-state index in [2.05, 4.69) is 0 Å². The van der Waals surface area contributed by atoms with Gasteiger partial charge in [0.15, 0.2) is 11.6 Å². The zero-order valence-electron chi connectivity index (χ0n) is 9.30. The minimum absolute atomic E-state index is 0.335. The maximum atomic E-state index is 13.9. The molecule has 0 spiro atoms. The molecule has 0 nitrogen and oxygen atoms in total. The fourth-order valence-corrected chi connectivity index (χ4v) is 2.22. The van der Waals surface area contributed by atoms with Crippen molar-refractivity contribution >= 4 is 21.5 Å². The van der Waals surface area contributed by atoms with Gasteiger partial charge in [-0.3, -0.25) is 0 Å². The number of halogens is 2. The number of fused-ring (bicyclic) bond motifs is 3. The van der Waals surface area contributed by atoms with Gasteiger partial charge in [0.05, 0.1) is 0 Å². The third kappa shape index (κ3) is 1.41. The monoisotopic (exact) mass is 228 g/mol. The predicted octanol–water partition coefficient (Wildman–Crippen LogP) is 4.58. The van der Waals surface area contributed by atoms with Crippen LogP contribution in [0.3, 0.4) is 0 Å². The van der Waals surface area contributed by atoms with Gasteiger partial charge in [-0.2, -0.15) is 0 Å². The lowest BCUT2D eigenvalue weighted by molar-refractivity contribution is 0.525. The summed E-state index contributed by atoms with van der Waals surface area (Å²) in [6, 6.07) is 12.4. The zero-order chi connectivity index (χ0) is 12.0. The molecule has 0 saturated carbocycles. The molecular weight excluding hydrogens is 218 g/mol. The molecule has 17 heavy (non-hydrogen) atoms. The lowest BCUT2D eigenvalue weighted by atomic mass is 9.99. The van der Waals surface area contributed by atoms with Crippen LogP contribution >= 0.6 is 0 Å². The zero-order valence-corrected chi connectivity index (χ0v) is 9.30. The molecule has 3 aromatic rings. The van der Waals surface area contributed by atoms with Gasteiger partial charge in [-0.05, 0) is 23.8 Å². The van der Waals surface area contributed by atoms with E-state index in [1.165, 1.54) is 0 Å². The highest BCUT2D eigenvalue weighted by atomic mass is 19.2. The molecular formula is C15H10F2. The molecule has 0 radical (unpaired) electrons. The third-order valence-electron chi connectivity index (χ3n) is 3.06. The highest BCUT2D eigenvalue weighted by molar-refractivity contribution is 6.08. The average molecular weight is 228 g/mol. The molecule has 0 saturated heterocycles. The van der Waals surface area contributed by atoms with Crippen LogP contribution in [0.4, 0.5) is 8.78 Å². The normalized spacial score (nSPS) is 11.2. The summed E-state index contributed by atoms with van der Waals surface area (Å²) in [6.07, 6.45) is 0. The van der Waals surface area contributed by atoms with Crippen LogP contribution in [0, 0.1) is 18.6 Å². The molecule has 0 bridgehead atoms. The van der Waals surface area contributed by atoms with Crippen LogP contribution in [0.2, 0.25) is 0 Å². The van der Waals surface area contributed by atoms with Gasteiger partial charge in [0.25, 0.3) is 0 Å². The molecule has 0 aliphatic carbocycles. The lowest BCUT2D eigenvalue weighted by Gasteiger charge is -2.07. The molecule has 84 valence electrons. The predicted molar refractivity (Wildman–Crippen MR) is 66.1 cm³/mol. The van der Waals surface area contributed by atoms with E-state index in [0.29, 0.717) is 10.8 Å². The molecule has 0 aromatic heterocycles. The smallest absolute Gasteiger partial charge is 0.167 e. The van der Waals surface area contributed by atoms with Gasteiger partial charge < -0.3 is 0 Å². The highest BCUT2D eigenvalue weighted by Crippen LogP contribution is 2.31. The van der Waals surface area contributed by atoms with E-state index >= 15 is 0 Å². The molecule has 0 N–H and O–H groups in total. The van der Waals surface area contributed by atoms with Gasteiger partial charge in [-0.1, -0.05) is 42.0 Å².